The summed E-state index contributed by atoms with van der Waals surface area (Å²) in [5, 5.41) is 10.0. The van der Waals surface area contributed by atoms with Crippen LogP contribution in [0.15, 0.2) is 0 Å². The summed E-state index contributed by atoms with van der Waals surface area (Å²) in [4.78, 5) is 2.30. The molecule has 1 saturated heterocycles. The number of terminal acetylenes is 1. The van der Waals surface area contributed by atoms with E-state index in [1.807, 2.05) is 0 Å². The number of nitrogens with zero attached hydrogens (tertiary/aromatic N) is 1. The lowest BCUT2D eigenvalue weighted by atomic mass is 9.85. The van der Waals surface area contributed by atoms with Crippen molar-refractivity contribution in [3.8, 4) is 12.3 Å². The van der Waals surface area contributed by atoms with Gasteiger partial charge in [-0.05, 0) is 51.6 Å². The first kappa shape index (κ1) is 13.9. The second-order valence-corrected chi connectivity index (χ2v) is 5.67. The van der Waals surface area contributed by atoms with Crippen molar-refractivity contribution in [2.24, 2.45) is 0 Å². The maximum Gasteiger partial charge on any atom is 0.128 e. The van der Waals surface area contributed by atoms with Gasteiger partial charge in [0.1, 0.15) is 5.60 Å². The monoisotopic (exact) mass is 251 g/mol. The molecule has 3 nitrogen and oxygen atoms in total. The first-order valence-corrected chi connectivity index (χ1v) is 7.26. The van der Waals surface area contributed by atoms with Gasteiger partial charge in [0.25, 0.3) is 0 Å². The largest absolute Gasteiger partial charge is 0.389 e. The van der Waals surface area contributed by atoms with Crippen LogP contribution in [0.1, 0.15) is 44.9 Å². The summed E-state index contributed by atoms with van der Waals surface area (Å²) in [5.74, 6) is 2.82. The van der Waals surface area contributed by atoms with Gasteiger partial charge in [-0.2, -0.15) is 0 Å². The molecule has 1 saturated carbocycles. The Bertz CT molecular complexity index is 285. The molecular weight excluding hydrogens is 226 g/mol. The molecule has 2 fully saturated rings. The molecule has 18 heavy (non-hydrogen) atoms. The third-order valence-corrected chi connectivity index (χ3v) is 4.14. The fraction of sp³-hybridized carbons (Fsp3) is 0.867. The summed E-state index contributed by atoms with van der Waals surface area (Å²) in [7, 11) is 0. The molecule has 0 radical (unpaired) electrons. The van der Waals surface area contributed by atoms with Crippen LogP contribution in [-0.2, 0) is 4.74 Å². The highest BCUT2D eigenvalue weighted by molar-refractivity contribution is 5.09. The van der Waals surface area contributed by atoms with Gasteiger partial charge in [-0.15, -0.1) is 6.42 Å². The predicted molar refractivity (Wildman–Crippen MR) is 72.3 cm³/mol. The maximum absolute atomic E-state index is 10.0. The quantitative estimate of drug-likeness (QED) is 0.756. The summed E-state index contributed by atoms with van der Waals surface area (Å²) >= 11 is 0. The van der Waals surface area contributed by atoms with Crippen LogP contribution in [0.25, 0.3) is 0 Å². The number of aliphatic hydroxyl groups is 1. The number of β-amino-alcohol motifs (C(OH)–C–C–N with tert-alkyl or cyclic N) is 1. The minimum absolute atomic E-state index is 0.376. The van der Waals surface area contributed by atoms with Gasteiger partial charge in [0, 0.05) is 6.54 Å². The number of ether oxygens (including phenoxy) is 1. The van der Waals surface area contributed by atoms with Crippen LogP contribution in [0.3, 0.4) is 0 Å². The molecule has 0 aromatic heterocycles. The molecular formula is C15H25NO2. The molecule has 3 heteroatoms. The standard InChI is InChI=1S/C15H25NO2/c1-2-15(8-4-3-5-9-15)18-13-14(17)12-16-10-6-7-11-16/h1,14,17H,3-13H2/t14-/m0/s1. The molecule has 0 aromatic carbocycles. The van der Waals surface area contributed by atoms with Crippen LogP contribution in [-0.4, -0.2) is 48.0 Å². The summed E-state index contributed by atoms with van der Waals surface area (Å²) in [6.07, 6.45) is 13.1. The van der Waals surface area contributed by atoms with E-state index in [0.29, 0.717) is 6.61 Å². The second-order valence-electron chi connectivity index (χ2n) is 5.67. The van der Waals surface area contributed by atoms with Crippen LogP contribution in [0.2, 0.25) is 0 Å². The molecule has 0 unspecified atom stereocenters. The van der Waals surface area contributed by atoms with Crippen molar-refractivity contribution in [2.75, 3.05) is 26.2 Å². The van der Waals surface area contributed by atoms with Gasteiger partial charge in [-0.1, -0.05) is 12.3 Å². The Morgan fingerprint density at radius 3 is 2.44 bits per heavy atom. The molecule has 1 heterocycles. The van der Waals surface area contributed by atoms with Crippen LogP contribution < -0.4 is 0 Å². The van der Waals surface area contributed by atoms with Crippen molar-refractivity contribution in [3.05, 3.63) is 0 Å². The van der Waals surface area contributed by atoms with E-state index < -0.39 is 11.7 Å². The normalized spacial score (nSPS) is 25.8. The zero-order valence-corrected chi connectivity index (χ0v) is 11.2. The van der Waals surface area contributed by atoms with E-state index >= 15 is 0 Å². The van der Waals surface area contributed by atoms with Gasteiger partial charge in [0.15, 0.2) is 0 Å². The van der Waals surface area contributed by atoms with Gasteiger partial charge >= 0.3 is 0 Å². The average molecular weight is 251 g/mol. The van der Waals surface area contributed by atoms with E-state index in [2.05, 4.69) is 10.8 Å². The molecule has 2 rings (SSSR count). The lowest BCUT2D eigenvalue weighted by molar-refractivity contribution is -0.0686. The third kappa shape index (κ3) is 3.71. The van der Waals surface area contributed by atoms with Crippen LogP contribution in [0.5, 0.6) is 0 Å². The van der Waals surface area contributed by atoms with Crippen molar-refractivity contribution < 1.29 is 9.84 Å². The van der Waals surface area contributed by atoms with E-state index in [1.54, 1.807) is 0 Å². The van der Waals surface area contributed by atoms with E-state index in [4.69, 9.17) is 11.2 Å². The number of likely N-dealkylation sites (tertiary alicyclic amines) is 1. The van der Waals surface area contributed by atoms with Crippen LogP contribution >= 0.6 is 0 Å². The molecule has 1 aliphatic carbocycles. The van der Waals surface area contributed by atoms with Crippen molar-refractivity contribution in [1.82, 2.24) is 4.90 Å². The smallest absolute Gasteiger partial charge is 0.128 e. The highest BCUT2D eigenvalue weighted by atomic mass is 16.5. The highest BCUT2D eigenvalue weighted by Gasteiger charge is 2.31. The molecule has 1 aliphatic heterocycles. The highest BCUT2D eigenvalue weighted by Crippen LogP contribution is 2.31. The van der Waals surface area contributed by atoms with Crippen LogP contribution in [0, 0.1) is 12.3 Å². The third-order valence-electron chi connectivity index (χ3n) is 4.14. The minimum Gasteiger partial charge on any atom is -0.389 e. The zero-order valence-electron chi connectivity index (χ0n) is 11.2. The summed E-state index contributed by atoms with van der Waals surface area (Å²) in [5.41, 5.74) is -0.399. The Kier molecular flexibility index (Phi) is 5.05. The van der Waals surface area contributed by atoms with Crippen molar-refractivity contribution >= 4 is 0 Å². The van der Waals surface area contributed by atoms with Crippen molar-refractivity contribution in [2.45, 2.75) is 56.7 Å². The van der Waals surface area contributed by atoms with E-state index in [0.717, 1.165) is 45.3 Å². The van der Waals surface area contributed by atoms with E-state index in [-0.39, 0.29) is 0 Å². The van der Waals surface area contributed by atoms with Gasteiger partial charge in [-0.25, -0.2) is 0 Å². The Morgan fingerprint density at radius 2 is 1.83 bits per heavy atom. The Balaban J connectivity index is 1.73. The number of aliphatic hydroxyl groups excluding tert-OH is 1. The van der Waals surface area contributed by atoms with Gasteiger partial charge in [0.2, 0.25) is 0 Å². The molecule has 0 amide bonds. The molecule has 0 bridgehead atoms. The van der Waals surface area contributed by atoms with Crippen molar-refractivity contribution in [1.29, 1.82) is 0 Å². The minimum atomic E-state index is -0.407. The Labute approximate surface area is 111 Å². The first-order valence-electron chi connectivity index (χ1n) is 7.26. The molecule has 2 aliphatic rings. The Hall–Kier alpha value is -0.560. The summed E-state index contributed by atoms with van der Waals surface area (Å²) in [6, 6.07) is 0. The van der Waals surface area contributed by atoms with Gasteiger partial charge in [0.05, 0.1) is 12.7 Å². The van der Waals surface area contributed by atoms with E-state index in [9.17, 15) is 5.11 Å². The lowest BCUT2D eigenvalue weighted by Gasteiger charge is -2.33. The number of rotatable bonds is 5. The maximum atomic E-state index is 10.0. The van der Waals surface area contributed by atoms with Crippen molar-refractivity contribution in [3.63, 3.8) is 0 Å². The first-order chi connectivity index (χ1) is 8.74. The van der Waals surface area contributed by atoms with Gasteiger partial charge < -0.3 is 14.7 Å². The fourth-order valence-electron chi connectivity index (χ4n) is 3.02. The van der Waals surface area contributed by atoms with E-state index in [1.165, 1.54) is 19.3 Å². The molecule has 0 spiro atoms. The second kappa shape index (κ2) is 6.56. The average Bonchev–Trinajstić information content (AvgIpc) is 2.90. The summed E-state index contributed by atoms with van der Waals surface area (Å²) < 4.78 is 5.88. The SMILES string of the molecule is C#CC1(OC[C@@H](O)CN2CCCC2)CCCCC1. The number of hydrogen-bond acceptors (Lipinski definition) is 3. The molecule has 1 atom stereocenters. The molecule has 0 aromatic rings. The lowest BCUT2D eigenvalue weighted by Crippen LogP contribution is -2.39. The topological polar surface area (TPSA) is 32.7 Å². The predicted octanol–water partition coefficient (Wildman–Crippen LogP) is 1.80. The molecule has 1 N–H and O–H groups in total. The molecule has 102 valence electrons. The Morgan fingerprint density at radius 1 is 1.17 bits per heavy atom. The van der Waals surface area contributed by atoms with Crippen LogP contribution in [0.4, 0.5) is 0 Å². The van der Waals surface area contributed by atoms with Gasteiger partial charge in [-0.3, -0.25) is 0 Å². The fourth-order valence-corrected chi connectivity index (χ4v) is 3.02. The number of hydrogen-bond donors (Lipinski definition) is 1. The summed E-state index contributed by atoms with van der Waals surface area (Å²) in [6.45, 7) is 3.32. The zero-order chi connectivity index (χ0) is 12.8.